The van der Waals surface area contributed by atoms with E-state index in [-0.39, 0.29) is 36.7 Å². The quantitative estimate of drug-likeness (QED) is 0.834. The van der Waals surface area contributed by atoms with Gasteiger partial charge < -0.3 is 15.1 Å². The molecule has 2 aliphatic rings. The van der Waals surface area contributed by atoms with Crippen LogP contribution < -0.4 is 5.32 Å². The third-order valence-corrected chi connectivity index (χ3v) is 4.85. The van der Waals surface area contributed by atoms with Crippen molar-refractivity contribution < 1.29 is 14.4 Å². The summed E-state index contributed by atoms with van der Waals surface area (Å²) in [6, 6.07) is -0.580. The molecule has 1 aromatic rings. The van der Waals surface area contributed by atoms with Crippen LogP contribution in [-0.4, -0.2) is 64.7 Å². The molecule has 2 saturated heterocycles. The van der Waals surface area contributed by atoms with Crippen LogP contribution in [0.25, 0.3) is 0 Å². The molecule has 22 heavy (non-hydrogen) atoms. The minimum atomic E-state index is -0.580. The topological polar surface area (TPSA) is 82.6 Å². The van der Waals surface area contributed by atoms with Gasteiger partial charge in [0.25, 0.3) is 5.91 Å². The van der Waals surface area contributed by atoms with Crippen LogP contribution in [0, 0.1) is 0 Å². The lowest BCUT2D eigenvalue weighted by Crippen LogP contribution is -2.66. The van der Waals surface area contributed by atoms with Crippen molar-refractivity contribution in [3.63, 3.8) is 0 Å². The van der Waals surface area contributed by atoms with Crippen molar-refractivity contribution in [1.29, 1.82) is 0 Å². The van der Waals surface area contributed by atoms with E-state index in [1.807, 2.05) is 19.2 Å². The molecule has 0 aromatic carbocycles. The van der Waals surface area contributed by atoms with E-state index in [0.29, 0.717) is 18.1 Å². The monoisotopic (exact) mass is 322 g/mol. The summed E-state index contributed by atoms with van der Waals surface area (Å²) in [4.78, 5) is 43.8. The Morgan fingerprint density at radius 2 is 2.18 bits per heavy atom. The van der Waals surface area contributed by atoms with Gasteiger partial charge in [0.2, 0.25) is 11.8 Å². The summed E-state index contributed by atoms with van der Waals surface area (Å²) >= 11 is 1.33. The first-order valence-electron chi connectivity index (χ1n) is 7.29. The predicted molar refractivity (Wildman–Crippen MR) is 80.6 cm³/mol. The van der Waals surface area contributed by atoms with E-state index >= 15 is 0 Å². The molecule has 0 unspecified atom stereocenters. The molecule has 2 fully saturated rings. The van der Waals surface area contributed by atoms with Crippen LogP contribution in [0.4, 0.5) is 0 Å². The Labute approximate surface area is 132 Å². The lowest BCUT2D eigenvalue weighted by atomic mass is 10.1. The maximum Gasteiger partial charge on any atom is 0.282 e. The van der Waals surface area contributed by atoms with Crippen LogP contribution in [-0.2, 0) is 9.59 Å². The van der Waals surface area contributed by atoms with Gasteiger partial charge in [0.15, 0.2) is 5.01 Å². The molecule has 3 heterocycles. The fourth-order valence-corrected chi connectivity index (χ4v) is 3.60. The molecule has 1 N–H and O–H groups in total. The van der Waals surface area contributed by atoms with Gasteiger partial charge in [-0.2, -0.15) is 0 Å². The smallest absolute Gasteiger partial charge is 0.282 e. The molecule has 1 atom stereocenters. The number of carbonyl (C=O) groups excluding carboxylic acids is 3. The molecule has 0 saturated carbocycles. The number of piperazine rings is 2. The number of thiazole rings is 1. The van der Waals surface area contributed by atoms with E-state index in [1.165, 1.54) is 11.3 Å². The summed E-state index contributed by atoms with van der Waals surface area (Å²) in [7, 11) is 0. The van der Waals surface area contributed by atoms with Crippen LogP contribution in [0.15, 0.2) is 5.38 Å². The normalized spacial score (nSPS) is 21.9. The highest BCUT2D eigenvalue weighted by atomic mass is 32.1. The van der Waals surface area contributed by atoms with Crippen molar-refractivity contribution in [2.75, 3.05) is 26.2 Å². The zero-order valence-electron chi connectivity index (χ0n) is 12.5. The molecular weight excluding hydrogens is 304 g/mol. The molecule has 0 radical (unpaired) electrons. The van der Waals surface area contributed by atoms with E-state index in [4.69, 9.17) is 0 Å². The van der Waals surface area contributed by atoms with Crippen LogP contribution in [0.1, 0.15) is 35.3 Å². The minimum absolute atomic E-state index is 0.0491. The molecule has 0 aliphatic carbocycles. The molecule has 0 spiro atoms. The molecular formula is C14H18N4O3S. The molecule has 118 valence electrons. The van der Waals surface area contributed by atoms with Crippen LogP contribution in [0.2, 0.25) is 0 Å². The molecule has 1 aromatic heterocycles. The highest BCUT2D eigenvalue weighted by Gasteiger charge is 2.40. The van der Waals surface area contributed by atoms with E-state index in [9.17, 15) is 14.4 Å². The lowest BCUT2D eigenvalue weighted by Gasteiger charge is -2.42. The molecule has 7 nitrogen and oxygen atoms in total. The number of carbonyl (C=O) groups is 3. The Bertz CT molecular complexity index is 627. The SMILES string of the molecule is CC(C)c1csc(C(=O)N2CCN3C(=O)CNC(=O)[C@@H]3C2)n1. The van der Waals surface area contributed by atoms with E-state index in [1.54, 1.807) is 9.80 Å². The van der Waals surface area contributed by atoms with Crippen molar-refractivity contribution in [2.24, 2.45) is 0 Å². The maximum atomic E-state index is 12.5. The number of nitrogens with one attached hydrogen (secondary N) is 1. The van der Waals surface area contributed by atoms with Gasteiger partial charge in [-0.1, -0.05) is 13.8 Å². The van der Waals surface area contributed by atoms with Crippen molar-refractivity contribution in [3.05, 3.63) is 16.1 Å². The second-order valence-corrected chi connectivity index (χ2v) is 6.66. The number of aromatic nitrogens is 1. The molecule has 2 aliphatic heterocycles. The molecule has 3 amide bonds. The molecule has 3 rings (SSSR count). The Balaban J connectivity index is 1.74. The van der Waals surface area contributed by atoms with Gasteiger partial charge in [0.05, 0.1) is 18.8 Å². The van der Waals surface area contributed by atoms with Gasteiger partial charge >= 0.3 is 0 Å². The first-order chi connectivity index (χ1) is 10.5. The number of amides is 3. The zero-order valence-corrected chi connectivity index (χ0v) is 13.4. The van der Waals surface area contributed by atoms with Crippen LogP contribution >= 0.6 is 11.3 Å². The average Bonchev–Trinajstić information content (AvgIpc) is 3.00. The fourth-order valence-electron chi connectivity index (χ4n) is 2.66. The Kier molecular flexibility index (Phi) is 3.86. The summed E-state index contributed by atoms with van der Waals surface area (Å²) in [5, 5.41) is 4.91. The fraction of sp³-hybridized carbons (Fsp3) is 0.571. The zero-order chi connectivity index (χ0) is 15.9. The summed E-state index contributed by atoms with van der Waals surface area (Å²) in [6.07, 6.45) is 0. The predicted octanol–water partition coefficient (Wildman–Crippen LogP) is 0.0493. The Morgan fingerprint density at radius 3 is 2.86 bits per heavy atom. The van der Waals surface area contributed by atoms with Crippen LogP contribution in [0.3, 0.4) is 0 Å². The highest BCUT2D eigenvalue weighted by Crippen LogP contribution is 2.21. The largest absolute Gasteiger partial charge is 0.345 e. The molecule has 0 bridgehead atoms. The van der Waals surface area contributed by atoms with Crippen molar-refractivity contribution in [2.45, 2.75) is 25.8 Å². The molecule has 8 heteroatoms. The summed E-state index contributed by atoms with van der Waals surface area (Å²) in [5.74, 6) is -0.175. The first-order valence-corrected chi connectivity index (χ1v) is 8.17. The second-order valence-electron chi connectivity index (χ2n) is 5.80. The average molecular weight is 322 g/mol. The van der Waals surface area contributed by atoms with E-state index in [0.717, 1.165) is 5.69 Å². The van der Waals surface area contributed by atoms with Gasteiger partial charge in [-0.3, -0.25) is 14.4 Å². The number of nitrogens with zero attached hydrogens (tertiary/aromatic N) is 3. The van der Waals surface area contributed by atoms with Gasteiger partial charge in [0, 0.05) is 18.5 Å². The summed E-state index contributed by atoms with van der Waals surface area (Å²) in [6.45, 7) is 5.16. The van der Waals surface area contributed by atoms with Gasteiger partial charge in [0.1, 0.15) is 6.04 Å². The Hall–Kier alpha value is -1.96. The first kappa shape index (κ1) is 15.0. The Morgan fingerprint density at radius 1 is 1.41 bits per heavy atom. The summed E-state index contributed by atoms with van der Waals surface area (Å²) < 4.78 is 0. The third-order valence-electron chi connectivity index (χ3n) is 4.00. The van der Waals surface area contributed by atoms with Gasteiger partial charge in [-0.05, 0) is 5.92 Å². The van der Waals surface area contributed by atoms with Gasteiger partial charge in [-0.25, -0.2) is 4.98 Å². The number of rotatable bonds is 2. The van der Waals surface area contributed by atoms with Crippen molar-refractivity contribution in [3.8, 4) is 0 Å². The van der Waals surface area contributed by atoms with Crippen molar-refractivity contribution in [1.82, 2.24) is 20.1 Å². The van der Waals surface area contributed by atoms with Gasteiger partial charge in [-0.15, -0.1) is 11.3 Å². The minimum Gasteiger partial charge on any atom is -0.345 e. The lowest BCUT2D eigenvalue weighted by molar-refractivity contribution is -0.148. The maximum absolute atomic E-state index is 12.5. The third kappa shape index (κ3) is 2.58. The summed E-state index contributed by atoms with van der Waals surface area (Å²) in [5.41, 5.74) is 0.901. The number of hydrogen-bond donors (Lipinski definition) is 1. The van der Waals surface area contributed by atoms with Crippen LogP contribution in [0.5, 0.6) is 0 Å². The standard InChI is InChI=1S/C14H18N4O3S/c1-8(2)9-7-22-13(16-9)14(21)17-3-4-18-10(6-17)12(20)15-5-11(18)19/h7-8,10H,3-6H2,1-2H3,(H,15,20)/t10-/m0/s1. The van der Waals surface area contributed by atoms with E-state index in [2.05, 4.69) is 10.3 Å². The number of hydrogen-bond acceptors (Lipinski definition) is 5. The second kappa shape index (κ2) is 5.68. The van der Waals surface area contributed by atoms with Crippen molar-refractivity contribution >= 4 is 29.1 Å². The van der Waals surface area contributed by atoms with E-state index < -0.39 is 6.04 Å². The number of fused-ring (bicyclic) bond motifs is 1. The highest BCUT2D eigenvalue weighted by molar-refractivity contribution is 7.11.